The van der Waals surface area contributed by atoms with E-state index in [-0.39, 0.29) is 23.0 Å². The zero-order chi connectivity index (χ0) is 18.3. The Labute approximate surface area is 141 Å². The van der Waals surface area contributed by atoms with Crippen molar-refractivity contribution in [2.24, 2.45) is 40.3 Å². The molecule has 0 heterocycles. The van der Waals surface area contributed by atoms with Gasteiger partial charge in [0.25, 0.3) is 0 Å². The summed E-state index contributed by atoms with van der Waals surface area (Å²) in [5.41, 5.74) is 35.0. The molecule has 0 atom stereocenters. The van der Waals surface area contributed by atoms with E-state index in [9.17, 15) is 4.79 Å². The molecule has 0 aliphatic carbocycles. The highest BCUT2D eigenvalue weighted by Gasteiger charge is 2.27. The Morgan fingerprint density at radius 2 is 1.46 bits per heavy atom. The average molecular weight is 333 g/mol. The van der Waals surface area contributed by atoms with E-state index in [1.165, 1.54) is 5.56 Å². The maximum absolute atomic E-state index is 12.5. The van der Waals surface area contributed by atoms with Crippen LogP contribution < -0.4 is 39.7 Å². The second-order valence-electron chi connectivity index (χ2n) is 5.54. The van der Waals surface area contributed by atoms with Crippen molar-refractivity contribution in [1.29, 1.82) is 0 Å². The number of unbranched alkanes of at least 4 members (excludes halogenated alkanes) is 1. The van der Waals surface area contributed by atoms with Crippen LogP contribution in [0.1, 0.15) is 25.3 Å². The van der Waals surface area contributed by atoms with Crippen LogP contribution in [0.5, 0.6) is 0 Å². The number of amides is 1. The van der Waals surface area contributed by atoms with Crippen LogP contribution >= 0.6 is 0 Å². The van der Waals surface area contributed by atoms with Crippen molar-refractivity contribution in [2.75, 3.05) is 5.32 Å². The SMILES string of the molecule is CCCCc1ccc(NC(=O)C(C(N)=C(N)N)C(N)=C(N)N)cc1. The molecule has 1 amide bonds. The number of aryl methyl sites for hydroxylation is 1. The van der Waals surface area contributed by atoms with Gasteiger partial charge in [-0.25, -0.2) is 0 Å². The van der Waals surface area contributed by atoms with E-state index in [1.54, 1.807) is 12.1 Å². The lowest BCUT2D eigenvalue weighted by Crippen LogP contribution is -2.37. The first-order valence-corrected chi connectivity index (χ1v) is 7.68. The van der Waals surface area contributed by atoms with Crippen LogP contribution in [0.15, 0.2) is 47.3 Å². The molecule has 0 saturated carbocycles. The second-order valence-corrected chi connectivity index (χ2v) is 5.54. The van der Waals surface area contributed by atoms with Crippen molar-refractivity contribution in [3.8, 4) is 0 Å². The van der Waals surface area contributed by atoms with E-state index in [0.29, 0.717) is 5.69 Å². The first-order chi connectivity index (χ1) is 11.3. The van der Waals surface area contributed by atoms with Crippen molar-refractivity contribution in [3.63, 3.8) is 0 Å². The molecular formula is C16H27N7O. The number of carbonyl (C=O) groups is 1. The number of rotatable bonds is 7. The molecule has 0 spiro atoms. The fourth-order valence-corrected chi connectivity index (χ4v) is 2.13. The molecule has 13 N–H and O–H groups in total. The zero-order valence-electron chi connectivity index (χ0n) is 13.9. The molecule has 0 fully saturated rings. The highest BCUT2D eigenvalue weighted by atomic mass is 16.1. The summed E-state index contributed by atoms with van der Waals surface area (Å²) in [4.78, 5) is 12.5. The summed E-state index contributed by atoms with van der Waals surface area (Å²) >= 11 is 0. The van der Waals surface area contributed by atoms with Crippen LogP contribution in [-0.4, -0.2) is 5.91 Å². The Bertz CT molecular complexity index is 602. The summed E-state index contributed by atoms with van der Waals surface area (Å²) in [5.74, 6) is -2.09. The van der Waals surface area contributed by atoms with Gasteiger partial charge in [0.2, 0.25) is 5.91 Å². The van der Waals surface area contributed by atoms with Gasteiger partial charge in [-0.15, -0.1) is 0 Å². The lowest BCUT2D eigenvalue weighted by atomic mass is 10.00. The minimum absolute atomic E-state index is 0.0991. The Hall–Kier alpha value is -3.03. The highest BCUT2D eigenvalue weighted by molar-refractivity contribution is 5.96. The number of hydrogen-bond donors (Lipinski definition) is 7. The number of hydrogen-bond acceptors (Lipinski definition) is 7. The number of benzene rings is 1. The van der Waals surface area contributed by atoms with Crippen molar-refractivity contribution in [2.45, 2.75) is 26.2 Å². The third kappa shape index (κ3) is 5.01. The van der Waals surface area contributed by atoms with Gasteiger partial charge in [-0.3, -0.25) is 4.79 Å². The van der Waals surface area contributed by atoms with Crippen LogP contribution in [0, 0.1) is 5.92 Å². The highest BCUT2D eigenvalue weighted by Crippen LogP contribution is 2.18. The fourth-order valence-electron chi connectivity index (χ4n) is 2.13. The minimum atomic E-state index is -1.14. The van der Waals surface area contributed by atoms with Crippen LogP contribution in [0.4, 0.5) is 5.69 Å². The molecule has 0 radical (unpaired) electrons. The summed E-state index contributed by atoms with van der Waals surface area (Å²) in [6.07, 6.45) is 3.23. The standard InChI is InChI=1S/C16H27N7O/c1-2-3-4-9-5-7-10(8-6-9)23-16(24)11(12(17)14(19)20)13(18)15(21)22/h5-8,11H,2-4,17-22H2,1H3,(H,23,24). The smallest absolute Gasteiger partial charge is 0.239 e. The van der Waals surface area contributed by atoms with Gasteiger partial charge in [0, 0.05) is 5.69 Å². The summed E-state index contributed by atoms with van der Waals surface area (Å²) in [6, 6.07) is 7.51. The molecule has 8 heteroatoms. The summed E-state index contributed by atoms with van der Waals surface area (Å²) < 4.78 is 0. The molecular weight excluding hydrogens is 306 g/mol. The van der Waals surface area contributed by atoms with Gasteiger partial charge in [0.05, 0.1) is 11.4 Å². The first-order valence-electron chi connectivity index (χ1n) is 7.68. The summed E-state index contributed by atoms with van der Waals surface area (Å²) in [5, 5.41) is 2.71. The molecule has 0 saturated heterocycles. The van der Waals surface area contributed by atoms with Crippen LogP contribution in [-0.2, 0) is 11.2 Å². The van der Waals surface area contributed by atoms with E-state index in [1.807, 2.05) is 12.1 Å². The maximum atomic E-state index is 12.5. The normalized spacial score (nSPS) is 10.2. The van der Waals surface area contributed by atoms with Crippen molar-refractivity contribution >= 4 is 11.6 Å². The van der Waals surface area contributed by atoms with Crippen LogP contribution in [0.25, 0.3) is 0 Å². The van der Waals surface area contributed by atoms with E-state index >= 15 is 0 Å². The van der Waals surface area contributed by atoms with Crippen molar-refractivity contribution in [1.82, 2.24) is 0 Å². The summed E-state index contributed by atoms with van der Waals surface area (Å²) in [7, 11) is 0. The zero-order valence-corrected chi connectivity index (χ0v) is 13.9. The lowest BCUT2D eigenvalue weighted by molar-refractivity contribution is -0.118. The third-order valence-corrected chi connectivity index (χ3v) is 3.59. The van der Waals surface area contributed by atoms with Crippen molar-refractivity contribution in [3.05, 3.63) is 52.9 Å². The van der Waals surface area contributed by atoms with E-state index < -0.39 is 11.8 Å². The Balaban J connectivity index is 2.97. The molecule has 1 aromatic rings. The van der Waals surface area contributed by atoms with E-state index in [4.69, 9.17) is 34.4 Å². The monoisotopic (exact) mass is 333 g/mol. The molecule has 24 heavy (non-hydrogen) atoms. The molecule has 1 rings (SSSR count). The third-order valence-electron chi connectivity index (χ3n) is 3.59. The van der Waals surface area contributed by atoms with Gasteiger partial charge in [-0.2, -0.15) is 0 Å². The molecule has 0 bridgehead atoms. The van der Waals surface area contributed by atoms with Gasteiger partial charge in [-0.1, -0.05) is 25.5 Å². The van der Waals surface area contributed by atoms with Crippen LogP contribution in [0.3, 0.4) is 0 Å². The van der Waals surface area contributed by atoms with Gasteiger partial charge in [0.15, 0.2) is 0 Å². The second kappa shape index (κ2) is 8.56. The van der Waals surface area contributed by atoms with Gasteiger partial charge in [0.1, 0.15) is 17.6 Å². The topological polar surface area (TPSA) is 185 Å². The average Bonchev–Trinajstić information content (AvgIpc) is 2.53. The lowest BCUT2D eigenvalue weighted by Gasteiger charge is -2.19. The molecule has 0 unspecified atom stereocenters. The maximum Gasteiger partial charge on any atom is 0.239 e. The molecule has 0 aliphatic heterocycles. The summed E-state index contributed by atoms with van der Waals surface area (Å²) in [6.45, 7) is 2.14. The number of nitrogens with one attached hydrogen (secondary N) is 1. The predicted molar refractivity (Wildman–Crippen MR) is 96.4 cm³/mol. The van der Waals surface area contributed by atoms with E-state index in [0.717, 1.165) is 19.3 Å². The van der Waals surface area contributed by atoms with Gasteiger partial charge >= 0.3 is 0 Å². The van der Waals surface area contributed by atoms with Gasteiger partial charge < -0.3 is 39.7 Å². The van der Waals surface area contributed by atoms with Crippen molar-refractivity contribution < 1.29 is 4.79 Å². The Morgan fingerprint density at radius 1 is 0.958 bits per heavy atom. The predicted octanol–water partition coefficient (Wildman–Crippen LogP) is -0.326. The molecule has 0 aliphatic rings. The van der Waals surface area contributed by atoms with E-state index in [2.05, 4.69) is 12.2 Å². The molecule has 0 aromatic heterocycles. The van der Waals surface area contributed by atoms with Crippen LogP contribution in [0.2, 0.25) is 0 Å². The first kappa shape index (κ1) is 19.0. The quantitative estimate of drug-likeness (QED) is 0.356. The largest absolute Gasteiger partial charge is 0.398 e. The number of nitrogens with two attached hydrogens (primary N) is 6. The van der Waals surface area contributed by atoms with Gasteiger partial charge in [-0.05, 0) is 30.5 Å². The molecule has 1 aromatic carbocycles. The molecule has 132 valence electrons. The minimum Gasteiger partial charge on any atom is -0.398 e. The Morgan fingerprint density at radius 3 is 1.88 bits per heavy atom. The molecule has 8 nitrogen and oxygen atoms in total. The number of anilines is 1. The fraction of sp³-hybridized carbons (Fsp3) is 0.312. The number of carbonyl (C=O) groups excluding carboxylic acids is 1. The Kier molecular flexibility index (Phi) is 6.79.